The third-order valence-electron chi connectivity index (χ3n) is 4.79. The van der Waals surface area contributed by atoms with Gasteiger partial charge in [-0.25, -0.2) is 0 Å². The number of rotatable bonds is 1. The van der Waals surface area contributed by atoms with E-state index >= 15 is 0 Å². The van der Waals surface area contributed by atoms with Crippen LogP contribution in [0.4, 0.5) is 0 Å². The number of halogens is 9. The van der Waals surface area contributed by atoms with Crippen molar-refractivity contribution in [2.45, 2.75) is 40.0 Å². The second kappa shape index (κ2) is 7.22. The number of hydrogen-bond donors (Lipinski definition) is 0. The lowest BCUT2D eigenvalue weighted by Crippen LogP contribution is -2.73. The predicted molar refractivity (Wildman–Crippen MR) is 136 cm³/mol. The van der Waals surface area contributed by atoms with E-state index in [4.69, 9.17) is 99.7 Å². The topological polar surface area (TPSA) is 0 Å². The van der Waals surface area contributed by atoms with Gasteiger partial charge < -0.3 is 0 Å². The third kappa shape index (κ3) is 3.14. The number of hydrogen-bond acceptors (Lipinski definition) is 0. The highest BCUT2D eigenvalue weighted by Crippen LogP contribution is 2.64. The molecule has 1 saturated heterocycles. The van der Waals surface area contributed by atoms with Crippen molar-refractivity contribution in [2.24, 2.45) is 0 Å². The molecule has 0 spiro atoms. The quantitative estimate of drug-likeness (QED) is 0.233. The Hall–Kier alpha value is 2.91. The van der Waals surface area contributed by atoms with Crippen molar-refractivity contribution in [3.05, 3.63) is 28.8 Å². The van der Waals surface area contributed by atoms with Crippen LogP contribution in [0.1, 0.15) is 37.5 Å². The lowest BCUT2D eigenvalue weighted by atomic mass is 9.85. The fourth-order valence-electron chi connectivity index (χ4n) is 3.28. The van der Waals surface area contributed by atoms with Crippen molar-refractivity contribution in [3.8, 4) is 0 Å². The molecule has 0 N–H and O–H groups in total. The first-order valence-electron chi connectivity index (χ1n) is 7.61. The highest BCUT2D eigenvalue weighted by atomic mass is 35.8. The minimum atomic E-state index is -3.54. The average Bonchev–Trinajstić information content (AvgIpc) is 2.47. The molecule has 1 aliphatic heterocycles. The van der Waals surface area contributed by atoms with E-state index in [1.807, 2.05) is 13.8 Å². The summed E-state index contributed by atoms with van der Waals surface area (Å²) in [5.74, 6) is 0. The van der Waals surface area contributed by atoms with Crippen LogP contribution in [0.25, 0.3) is 0 Å². The first-order valence-corrected chi connectivity index (χ1v) is 31.7. The van der Waals surface area contributed by atoms with E-state index in [0.29, 0.717) is 0 Å². The molecule has 1 aliphatic rings. The first-order chi connectivity index (χ1) is 11.3. The van der Waals surface area contributed by atoms with Crippen molar-refractivity contribution in [2.75, 3.05) is 0 Å². The zero-order chi connectivity index (χ0) is 20.7. The van der Waals surface area contributed by atoms with E-state index in [1.165, 1.54) is 0 Å². The zero-order valence-corrected chi connectivity index (χ0v) is 26.4. The minimum Gasteiger partial charge on any atom is -0.162 e. The monoisotopic (exact) mass is 616 g/mol. The molecule has 0 bridgehead atoms. The van der Waals surface area contributed by atoms with Crippen molar-refractivity contribution >= 4 is 134 Å². The second-order valence-electron chi connectivity index (χ2n) is 7.69. The van der Waals surface area contributed by atoms with Crippen LogP contribution in [0, 0.1) is 13.8 Å². The van der Waals surface area contributed by atoms with Gasteiger partial charge >= 0.3 is 0 Å². The molecule has 148 valence electrons. The maximum atomic E-state index is 7.29. The normalized spacial score (nSPS) is 25.3. The van der Waals surface area contributed by atoms with E-state index in [0.717, 1.165) is 21.9 Å². The number of aryl methyl sites for hydroxylation is 2. The Bertz CT molecular complexity index is 707. The summed E-state index contributed by atoms with van der Waals surface area (Å²) in [6, 6.07) is 4.15. The maximum Gasteiger partial charge on any atom is 0.294 e. The highest BCUT2D eigenvalue weighted by molar-refractivity contribution is 8.50. The van der Waals surface area contributed by atoms with Crippen LogP contribution in [0.5, 0.6) is 0 Å². The van der Waals surface area contributed by atoms with Gasteiger partial charge in [0.15, 0.2) is 0 Å². The molecule has 0 nitrogen and oxygen atoms in total. The molecule has 0 amide bonds. The summed E-state index contributed by atoms with van der Waals surface area (Å²) in [7, 11) is 0. The molecule has 0 aliphatic carbocycles. The third-order valence-corrected chi connectivity index (χ3v) is 155. The van der Waals surface area contributed by atoms with E-state index in [9.17, 15) is 0 Å². The molecular formula is C12H17Cl9Si5. The molecule has 0 aromatic heterocycles. The van der Waals surface area contributed by atoms with Crippen molar-refractivity contribution < 1.29 is 0 Å². The number of benzene rings is 1. The van der Waals surface area contributed by atoms with E-state index in [1.54, 1.807) is 0 Å². The lowest BCUT2D eigenvalue weighted by molar-refractivity contribution is 0.589. The fourth-order valence-corrected chi connectivity index (χ4v) is 238. The van der Waals surface area contributed by atoms with Gasteiger partial charge in [-0.2, -0.15) is 11.1 Å². The molecule has 1 fully saturated rings. The SMILES string of the molecule is Cc1cc(C(C)(C)C)cc(C)c1[Si]1(Cl)[Si](Cl)(Cl)[Si](Cl)(Cl)[Si](Cl)(Cl)[Si]1(Cl)Cl. The Kier molecular flexibility index (Phi) is 6.99. The van der Waals surface area contributed by atoms with Gasteiger partial charge in [-0.3, -0.25) is 0 Å². The van der Waals surface area contributed by atoms with Gasteiger partial charge in [-0.1, -0.05) is 44.0 Å². The Labute approximate surface area is 201 Å². The fraction of sp³-hybridized carbons (Fsp3) is 0.500. The van der Waals surface area contributed by atoms with Crippen molar-refractivity contribution in [1.29, 1.82) is 0 Å². The van der Waals surface area contributed by atoms with Gasteiger partial charge in [0.25, 0.3) is 22.9 Å². The van der Waals surface area contributed by atoms with Crippen LogP contribution in [-0.2, 0) is 5.41 Å². The van der Waals surface area contributed by atoms with E-state index in [-0.39, 0.29) is 5.41 Å². The summed E-state index contributed by atoms with van der Waals surface area (Å²) >= 11 is 61.7. The standard InChI is InChI=1S/C12H17Cl9Si5/c1-8-6-10(12(3,4)5)7-9(2)11(8)22(13)23(14,15)25(18,19)26(20,21)24(22,16)17/h6-7H,1-5H3. The molecule has 0 atom stereocenters. The first kappa shape index (κ1) is 25.2. The van der Waals surface area contributed by atoms with Gasteiger partial charge in [0.05, 0.1) is 0 Å². The van der Waals surface area contributed by atoms with Crippen LogP contribution < -0.4 is 5.19 Å². The Morgan fingerprint density at radius 2 is 0.923 bits per heavy atom. The van der Waals surface area contributed by atoms with Crippen LogP contribution >= 0.6 is 99.7 Å². The lowest BCUT2D eigenvalue weighted by Gasteiger charge is -2.37. The maximum absolute atomic E-state index is 7.29. The molecule has 1 aromatic carbocycles. The highest BCUT2D eigenvalue weighted by Gasteiger charge is 2.95. The molecule has 0 saturated carbocycles. The van der Waals surface area contributed by atoms with Crippen molar-refractivity contribution in [1.82, 2.24) is 0 Å². The van der Waals surface area contributed by atoms with Gasteiger partial charge in [-0.05, 0) is 30.0 Å². The molecule has 0 radical (unpaired) electrons. The van der Waals surface area contributed by atoms with Gasteiger partial charge in [0.1, 0.15) is 0 Å². The van der Waals surface area contributed by atoms with Crippen LogP contribution in [-0.4, -0.2) is 29.3 Å². The summed E-state index contributed by atoms with van der Waals surface area (Å²) in [6.45, 7) is 10.3. The summed E-state index contributed by atoms with van der Waals surface area (Å²) in [5.41, 5.74) is -11.2. The Morgan fingerprint density at radius 1 is 0.615 bits per heavy atom. The average molecular weight is 621 g/mol. The summed E-state index contributed by atoms with van der Waals surface area (Å²) < 4.78 is 0. The molecule has 2 rings (SSSR count). The van der Waals surface area contributed by atoms with E-state index in [2.05, 4.69) is 32.9 Å². The predicted octanol–water partition coefficient (Wildman–Crippen LogP) is 7.08. The van der Waals surface area contributed by atoms with Crippen molar-refractivity contribution in [3.63, 3.8) is 0 Å². The molecule has 1 aromatic rings. The summed E-state index contributed by atoms with van der Waals surface area (Å²) in [5, 5.41) is 0.814. The van der Waals surface area contributed by atoms with Gasteiger partial charge in [0, 0.05) is 0 Å². The Balaban J connectivity index is 2.91. The van der Waals surface area contributed by atoms with Gasteiger partial charge in [-0.15, -0.1) is 88.6 Å². The Morgan fingerprint density at radius 3 is 1.19 bits per heavy atom. The summed E-state index contributed by atoms with van der Waals surface area (Å²) in [6.07, 6.45) is -3.45. The second-order valence-corrected chi connectivity index (χ2v) is 78.8. The summed E-state index contributed by atoms with van der Waals surface area (Å²) in [4.78, 5) is 0. The van der Waals surface area contributed by atoms with Crippen LogP contribution in [0.3, 0.4) is 0 Å². The largest absolute Gasteiger partial charge is 0.294 e. The van der Waals surface area contributed by atoms with E-state index < -0.39 is 29.3 Å². The van der Waals surface area contributed by atoms with Gasteiger partial charge in [0.2, 0.25) is 6.42 Å². The molecule has 26 heavy (non-hydrogen) atoms. The van der Waals surface area contributed by atoms with Crippen LogP contribution in [0.15, 0.2) is 12.1 Å². The molecule has 14 heteroatoms. The smallest absolute Gasteiger partial charge is 0.162 e. The van der Waals surface area contributed by atoms with Crippen LogP contribution in [0.2, 0.25) is 0 Å². The molecule has 0 unspecified atom stereocenters. The minimum absolute atomic E-state index is 0.0351. The molecular weight excluding hydrogens is 604 g/mol. The zero-order valence-electron chi connectivity index (χ0n) is 14.6. The molecule has 1 heterocycles.